The Morgan fingerprint density at radius 2 is 1.57 bits per heavy atom. The monoisotopic (exact) mass is 513 g/mol. The Morgan fingerprint density at radius 3 is 2.17 bits per heavy atom. The van der Waals surface area contributed by atoms with Gasteiger partial charge in [0.15, 0.2) is 0 Å². The zero-order valence-electron chi connectivity index (χ0n) is 19.7. The summed E-state index contributed by atoms with van der Waals surface area (Å²) < 4.78 is 42.6. The van der Waals surface area contributed by atoms with Crippen molar-refractivity contribution in [2.75, 3.05) is 48.2 Å². The number of aryl methyl sites for hydroxylation is 1. The molecule has 0 spiro atoms. The highest BCUT2D eigenvalue weighted by Gasteiger charge is 2.30. The number of para-hydroxylation sites is 1. The molecular weight excluding hydrogens is 485 g/mol. The summed E-state index contributed by atoms with van der Waals surface area (Å²) in [6.45, 7) is 3.33. The smallest absolute Gasteiger partial charge is 0.264 e. The number of halogens is 1. The zero-order chi connectivity index (χ0) is 25.0. The first-order valence-electron chi connectivity index (χ1n) is 11.3. The summed E-state index contributed by atoms with van der Waals surface area (Å²) in [5, 5.41) is 0. The summed E-state index contributed by atoms with van der Waals surface area (Å²) in [7, 11) is -3.97. The van der Waals surface area contributed by atoms with Crippen LogP contribution < -0.4 is 9.21 Å². The number of thioether (sulfide) groups is 1. The molecule has 3 aromatic carbocycles. The van der Waals surface area contributed by atoms with Gasteiger partial charge in [-0.1, -0.05) is 29.8 Å². The first kappa shape index (κ1) is 25.1. The topological polar surface area (TPSA) is 60.9 Å². The van der Waals surface area contributed by atoms with Crippen LogP contribution in [-0.2, 0) is 14.8 Å². The lowest BCUT2D eigenvalue weighted by Gasteiger charge is -2.37. The van der Waals surface area contributed by atoms with Gasteiger partial charge in [0.05, 0.1) is 16.3 Å². The van der Waals surface area contributed by atoms with Crippen molar-refractivity contribution in [1.82, 2.24) is 4.90 Å². The van der Waals surface area contributed by atoms with E-state index in [-0.39, 0.29) is 23.2 Å². The van der Waals surface area contributed by atoms with Gasteiger partial charge in [0, 0.05) is 31.1 Å². The molecule has 0 unspecified atom stereocenters. The van der Waals surface area contributed by atoms with E-state index in [1.807, 2.05) is 30.2 Å². The van der Waals surface area contributed by atoms with Crippen molar-refractivity contribution in [1.29, 1.82) is 0 Å². The van der Waals surface area contributed by atoms with Gasteiger partial charge in [-0.3, -0.25) is 9.10 Å². The highest BCUT2D eigenvalue weighted by atomic mass is 32.2. The Bertz CT molecular complexity index is 1270. The summed E-state index contributed by atoms with van der Waals surface area (Å²) in [6, 6.07) is 20.3. The van der Waals surface area contributed by atoms with Gasteiger partial charge in [-0.05, 0) is 61.7 Å². The molecule has 0 aromatic heterocycles. The van der Waals surface area contributed by atoms with Crippen LogP contribution in [0.25, 0.3) is 0 Å². The highest BCUT2D eigenvalue weighted by Crippen LogP contribution is 2.26. The molecule has 0 atom stereocenters. The molecule has 0 N–H and O–H groups in total. The van der Waals surface area contributed by atoms with Crippen molar-refractivity contribution in [2.24, 2.45) is 0 Å². The van der Waals surface area contributed by atoms with Gasteiger partial charge < -0.3 is 9.80 Å². The summed E-state index contributed by atoms with van der Waals surface area (Å²) >= 11 is 1.53. The number of rotatable bonds is 7. The van der Waals surface area contributed by atoms with E-state index >= 15 is 0 Å². The molecule has 184 valence electrons. The number of hydrogen-bond acceptors (Lipinski definition) is 5. The minimum atomic E-state index is -3.97. The van der Waals surface area contributed by atoms with Crippen LogP contribution in [0.4, 0.5) is 15.8 Å². The molecule has 4 rings (SSSR count). The number of carbonyl (C=O) groups is 1. The van der Waals surface area contributed by atoms with Crippen molar-refractivity contribution in [3.8, 4) is 0 Å². The maximum absolute atomic E-state index is 14.2. The molecule has 0 aliphatic carbocycles. The number of nitrogens with zero attached hydrogens (tertiary/aromatic N) is 3. The number of piperazine rings is 1. The molecule has 1 aliphatic heterocycles. The van der Waals surface area contributed by atoms with Crippen molar-refractivity contribution >= 4 is 39.1 Å². The van der Waals surface area contributed by atoms with Crippen LogP contribution in [-0.4, -0.2) is 58.2 Å². The van der Waals surface area contributed by atoms with E-state index in [0.717, 1.165) is 10.5 Å². The molecule has 0 bridgehead atoms. The maximum atomic E-state index is 14.2. The third kappa shape index (κ3) is 5.62. The van der Waals surface area contributed by atoms with Crippen LogP contribution in [0.5, 0.6) is 0 Å². The Kier molecular flexibility index (Phi) is 7.66. The number of sulfonamides is 1. The Morgan fingerprint density at radius 1 is 0.943 bits per heavy atom. The number of benzene rings is 3. The van der Waals surface area contributed by atoms with Gasteiger partial charge in [0.2, 0.25) is 5.91 Å². The first-order chi connectivity index (χ1) is 16.8. The van der Waals surface area contributed by atoms with Crippen molar-refractivity contribution < 1.29 is 17.6 Å². The van der Waals surface area contributed by atoms with Crippen LogP contribution in [0.2, 0.25) is 0 Å². The Labute approximate surface area is 210 Å². The third-order valence-electron chi connectivity index (χ3n) is 6.07. The van der Waals surface area contributed by atoms with E-state index in [9.17, 15) is 17.6 Å². The van der Waals surface area contributed by atoms with E-state index in [2.05, 4.69) is 0 Å². The van der Waals surface area contributed by atoms with Gasteiger partial charge in [0.1, 0.15) is 12.4 Å². The van der Waals surface area contributed by atoms with Crippen LogP contribution in [0.1, 0.15) is 5.56 Å². The Balaban J connectivity index is 1.54. The van der Waals surface area contributed by atoms with Gasteiger partial charge >= 0.3 is 0 Å². The second kappa shape index (κ2) is 10.7. The molecule has 1 aliphatic rings. The molecule has 35 heavy (non-hydrogen) atoms. The standard InChI is InChI=1S/C26H28FN3O3S2/c1-20-7-9-21(10-8-20)30(35(32,33)23-13-11-22(34-2)12-14-23)19-26(31)29-17-15-28(16-18-29)25-6-4-3-5-24(25)27/h3-14H,15-19H2,1-2H3. The van der Waals surface area contributed by atoms with E-state index in [1.165, 1.54) is 22.1 Å². The van der Waals surface area contributed by atoms with Gasteiger partial charge in [-0.25, -0.2) is 12.8 Å². The summed E-state index contributed by atoms with van der Waals surface area (Å²) in [6.07, 6.45) is 1.92. The minimum Gasteiger partial charge on any atom is -0.366 e. The third-order valence-corrected chi connectivity index (χ3v) is 8.61. The minimum absolute atomic E-state index is 0.132. The van der Waals surface area contributed by atoms with Crippen LogP contribution in [0.3, 0.4) is 0 Å². The SMILES string of the molecule is CSc1ccc(S(=O)(=O)N(CC(=O)N2CCN(c3ccccc3F)CC2)c2ccc(C)cc2)cc1. The van der Waals surface area contributed by atoms with Gasteiger partial charge in [0.25, 0.3) is 10.0 Å². The lowest BCUT2D eigenvalue weighted by molar-refractivity contribution is -0.129. The molecule has 3 aromatic rings. The van der Waals surface area contributed by atoms with Crippen molar-refractivity contribution in [3.63, 3.8) is 0 Å². The average molecular weight is 514 g/mol. The summed E-state index contributed by atoms with van der Waals surface area (Å²) in [5.74, 6) is -0.584. The molecule has 1 fully saturated rings. The predicted molar refractivity (Wildman–Crippen MR) is 139 cm³/mol. The van der Waals surface area contributed by atoms with Crippen LogP contribution >= 0.6 is 11.8 Å². The van der Waals surface area contributed by atoms with Crippen molar-refractivity contribution in [3.05, 3.63) is 84.2 Å². The molecule has 0 radical (unpaired) electrons. The van der Waals surface area contributed by atoms with Gasteiger partial charge in [-0.2, -0.15) is 0 Å². The van der Waals surface area contributed by atoms with E-state index in [0.29, 0.717) is 37.6 Å². The molecule has 1 saturated heterocycles. The van der Waals surface area contributed by atoms with Crippen LogP contribution in [0, 0.1) is 12.7 Å². The fourth-order valence-corrected chi connectivity index (χ4v) is 5.85. The largest absolute Gasteiger partial charge is 0.366 e. The number of anilines is 2. The fourth-order valence-electron chi connectivity index (χ4n) is 4.03. The second-order valence-electron chi connectivity index (χ2n) is 8.34. The summed E-state index contributed by atoms with van der Waals surface area (Å²) in [5.41, 5.74) is 1.94. The van der Waals surface area contributed by atoms with Crippen LogP contribution in [0.15, 0.2) is 82.6 Å². The fraction of sp³-hybridized carbons (Fsp3) is 0.269. The molecule has 0 saturated carbocycles. The molecule has 9 heteroatoms. The van der Waals surface area contributed by atoms with Gasteiger partial charge in [-0.15, -0.1) is 11.8 Å². The van der Waals surface area contributed by atoms with E-state index in [1.54, 1.807) is 59.5 Å². The quantitative estimate of drug-likeness (QED) is 0.439. The first-order valence-corrected chi connectivity index (χ1v) is 14.0. The number of hydrogen-bond donors (Lipinski definition) is 0. The maximum Gasteiger partial charge on any atom is 0.264 e. The lowest BCUT2D eigenvalue weighted by Crippen LogP contribution is -2.52. The van der Waals surface area contributed by atoms with E-state index in [4.69, 9.17) is 0 Å². The highest BCUT2D eigenvalue weighted by molar-refractivity contribution is 7.98. The molecule has 1 heterocycles. The predicted octanol–water partition coefficient (Wildman–Crippen LogP) is 4.40. The normalized spacial score (nSPS) is 14.1. The Hall–Kier alpha value is -3.04. The second-order valence-corrected chi connectivity index (χ2v) is 11.1. The number of carbonyl (C=O) groups excluding carboxylic acids is 1. The molecule has 6 nitrogen and oxygen atoms in total. The zero-order valence-corrected chi connectivity index (χ0v) is 21.4. The lowest BCUT2D eigenvalue weighted by atomic mass is 10.2. The molecular formula is C26H28FN3O3S2. The average Bonchev–Trinajstić information content (AvgIpc) is 2.88. The van der Waals surface area contributed by atoms with Crippen molar-refractivity contribution in [2.45, 2.75) is 16.7 Å². The summed E-state index contributed by atoms with van der Waals surface area (Å²) in [4.78, 5) is 17.9. The molecule has 1 amide bonds. The van der Waals surface area contributed by atoms with E-state index < -0.39 is 10.0 Å². The number of amides is 1.